The number of aryl methyl sites for hydroxylation is 1. The van der Waals surface area contributed by atoms with Crippen molar-refractivity contribution in [1.29, 1.82) is 0 Å². The molecular weight excluding hydrogens is 316 g/mol. The number of nitrogens with one attached hydrogen (secondary N) is 2. The molecule has 132 valence electrons. The Hall–Kier alpha value is -2.82. The minimum absolute atomic E-state index is 0.143. The molecule has 0 saturated heterocycles. The molecule has 0 heterocycles. The Balaban J connectivity index is 2.12. The quantitative estimate of drug-likeness (QED) is 0.811. The average molecular weight is 340 g/mol. The molecule has 0 fully saturated rings. The lowest BCUT2D eigenvalue weighted by molar-refractivity contribution is -0.120. The molecule has 2 rings (SSSR count). The van der Waals surface area contributed by atoms with Gasteiger partial charge in [-0.1, -0.05) is 37.3 Å². The van der Waals surface area contributed by atoms with E-state index in [9.17, 15) is 9.59 Å². The predicted octanol–water partition coefficient (Wildman–Crippen LogP) is 3.46. The highest BCUT2D eigenvalue weighted by Gasteiger charge is 2.18. The van der Waals surface area contributed by atoms with Crippen LogP contribution in [0.5, 0.6) is 5.75 Å². The molecule has 2 aromatic rings. The summed E-state index contributed by atoms with van der Waals surface area (Å²) in [5.74, 6) is 0.407. The van der Waals surface area contributed by atoms with Crippen molar-refractivity contribution in [3.8, 4) is 5.75 Å². The Bertz CT molecular complexity index is 726. The fraction of sp³-hybridized carbons (Fsp3) is 0.300. The zero-order chi connectivity index (χ0) is 18.2. The average Bonchev–Trinajstić information content (AvgIpc) is 2.61. The van der Waals surface area contributed by atoms with Crippen molar-refractivity contribution in [2.24, 2.45) is 0 Å². The molecule has 1 atom stereocenters. The Morgan fingerprint density at radius 2 is 1.76 bits per heavy atom. The molecule has 0 aliphatic heterocycles. The van der Waals surface area contributed by atoms with E-state index < -0.39 is 6.04 Å². The van der Waals surface area contributed by atoms with Crippen LogP contribution in [0, 0.1) is 0 Å². The fourth-order valence-electron chi connectivity index (χ4n) is 2.67. The molecule has 25 heavy (non-hydrogen) atoms. The summed E-state index contributed by atoms with van der Waals surface area (Å²) < 4.78 is 5.15. The first kappa shape index (κ1) is 18.5. The molecule has 0 spiro atoms. The molecule has 0 aliphatic rings. The van der Waals surface area contributed by atoms with Crippen LogP contribution in [0.2, 0.25) is 0 Å². The number of methoxy groups -OCH3 is 1. The molecule has 5 nitrogen and oxygen atoms in total. The lowest BCUT2D eigenvalue weighted by atomic mass is 10.0. The van der Waals surface area contributed by atoms with Gasteiger partial charge in [0.1, 0.15) is 5.75 Å². The van der Waals surface area contributed by atoms with Crippen LogP contribution in [0.25, 0.3) is 0 Å². The molecule has 2 aromatic carbocycles. The van der Waals surface area contributed by atoms with Crippen LogP contribution in [-0.4, -0.2) is 18.9 Å². The standard InChI is InChI=1S/C20H24N2O3/c1-4-15-7-5-6-8-18(15)22-20(24)13-19(21-14(2)23)16-9-11-17(25-3)12-10-16/h5-12,19H,4,13H2,1-3H3,(H,21,23)(H,22,24)/t19-/m1/s1. The highest BCUT2D eigenvalue weighted by atomic mass is 16.5. The molecule has 2 amide bonds. The van der Waals surface area contributed by atoms with E-state index >= 15 is 0 Å². The number of carbonyl (C=O) groups excluding carboxylic acids is 2. The fourth-order valence-corrected chi connectivity index (χ4v) is 2.67. The molecule has 0 aliphatic carbocycles. The van der Waals surface area contributed by atoms with E-state index in [0.717, 1.165) is 29.0 Å². The molecule has 0 aromatic heterocycles. The van der Waals surface area contributed by atoms with Gasteiger partial charge in [-0.15, -0.1) is 0 Å². The van der Waals surface area contributed by atoms with Crippen molar-refractivity contribution in [3.63, 3.8) is 0 Å². The van der Waals surface area contributed by atoms with E-state index in [1.165, 1.54) is 6.92 Å². The summed E-state index contributed by atoms with van der Waals surface area (Å²) >= 11 is 0. The third-order valence-corrected chi connectivity index (χ3v) is 3.96. The molecule has 0 unspecified atom stereocenters. The van der Waals surface area contributed by atoms with Crippen molar-refractivity contribution in [2.45, 2.75) is 32.7 Å². The SMILES string of the molecule is CCc1ccccc1NC(=O)C[C@@H](NC(C)=O)c1ccc(OC)cc1. The van der Waals surface area contributed by atoms with Crippen molar-refractivity contribution in [1.82, 2.24) is 5.32 Å². The van der Waals surface area contributed by atoms with E-state index in [1.54, 1.807) is 7.11 Å². The molecule has 2 N–H and O–H groups in total. The summed E-state index contributed by atoms with van der Waals surface area (Å²) in [4.78, 5) is 24.0. The van der Waals surface area contributed by atoms with Crippen LogP contribution < -0.4 is 15.4 Å². The van der Waals surface area contributed by atoms with Gasteiger partial charge >= 0.3 is 0 Å². The summed E-state index contributed by atoms with van der Waals surface area (Å²) in [5.41, 5.74) is 2.75. The van der Waals surface area contributed by atoms with Gasteiger partial charge in [0, 0.05) is 12.6 Å². The number of hydrogen-bond acceptors (Lipinski definition) is 3. The number of ether oxygens (including phenoxy) is 1. The van der Waals surface area contributed by atoms with E-state index in [2.05, 4.69) is 10.6 Å². The van der Waals surface area contributed by atoms with Crippen LogP contribution in [0.15, 0.2) is 48.5 Å². The van der Waals surface area contributed by atoms with Gasteiger partial charge < -0.3 is 15.4 Å². The lowest BCUT2D eigenvalue weighted by Crippen LogP contribution is -2.29. The second-order valence-corrected chi connectivity index (χ2v) is 5.79. The summed E-state index contributed by atoms with van der Waals surface area (Å²) in [7, 11) is 1.60. The molecule has 0 saturated carbocycles. The van der Waals surface area contributed by atoms with Gasteiger partial charge in [0.15, 0.2) is 0 Å². The van der Waals surface area contributed by atoms with Gasteiger partial charge in [0.25, 0.3) is 0 Å². The Morgan fingerprint density at radius 1 is 1.08 bits per heavy atom. The number of anilines is 1. The monoisotopic (exact) mass is 340 g/mol. The van der Waals surface area contributed by atoms with Gasteiger partial charge in [-0.3, -0.25) is 9.59 Å². The Kier molecular flexibility index (Phi) is 6.57. The third-order valence-electron chi connectivity index (χ3n) is 3.96. The van der Waals surface area contributed by atoms with Crippen molar-refractivity contribution in [3.05, 3.63) is 59.7 Å². The number of benzene rings is 2. The smallest absolute Gasteiger partial charge is 0.226 e. The van der Waals surface area contributed by atoms with Crippen LogP contribution in [-0.2, 0) is 16.0 Å². The van der Waals surface area contributed by atoms with Crippen LogP contribution in [0.1, 0.15) is 37.4 Å². The van der Waals surface area contributed by atoms with E-state index in [4.69, 9.17) is 4.74 Å². The van der Waals surface area contributed by atoms with Crippen LogP contribution >= 0.6 is 0 Å². The third kappa shape index (κ3) is 5.35. The first-order valence-corrected chi connectivity index (χ1v) is 8.32. The topological polar surface area (TPSA) is 67.4 Å². The summed E-state index contributed by atoms with van der Waals surface area (Å²) in [6.45, 7) is 3.49. The Morgan fingerprint density at radius 3 is 2.36 bits per heavy atom. The molecular formula is C20H24N2O3. The zero-order valence-corrected chi connectivity index (χ0v) is 14.8. The molecule has 5 heteroatoms. The second-order valence-electron chi connectivity index (χ2n) is 5.79. The number of carbonyl (C=O) groups is 2. The number of rotatable bonds is 7. The zero-order valence-electron chi connectivity index (χ0n) is 14.8. The first-order valence-electron chi connectivity index (χ1n) is 8.32. The summed E-state index contributed by atoms with van der Waals surface area (Å²) in [6.07, 6.45) is 0.994. The van der Waals surface area contributed by atoms with E-state index in [1.807, 2.05) is 55.5 Å². The normalized spacial score (nSPS) is 11.5. The Labute approximate surface area is 148 Å². The van der Waals surface area contributed by atoms with Crippen molar-refractivity contribution < 1.29 is 14.3 Å². The van der Waals surface area contributed by atoms with Crippen LogP contribution in [0.4, 0.5) is 5.69 Å². The maximum atomic E-state index is 12.5. The molecule has 0 bridgehead atoms. The highest BCUT2D eigenvalue weighted by Crippen LogP contribution is 2.22. The van der Waals surface area contributed by atoms with Gasteiger partial charge in [0.05, 0.1) is 19.6 Å². The lowest BCUT2D eigenvalue weighted by Gasteiger charge is -2.19. The maximum absolute atomic E-state index is 12.5. The number of para-hydroxylation sites is 1. The highest BCUT2D eigenvalue weighted by molar-refractivity contribution is 5.92. The van der Waals surface area contributed by atoms with Gasteiger partial charge in [0.2, 0.25) is 11.8 Å². The maximum Gasteiger partial charge on any atom is 0.226 e. The minimum atomic E-state index is -0.391. The first-order chi connectivity index (χ1) is 12.0. The number of amides is 2. The van der Waals surface area contributed by atoms with Crippen LogP contribution in [0.3, 0.4) is 0 Å². The number of hydrogen-bond donors (Lipinski definition) is 2. The van der Waals surface area contributed by atoms with Crippen molar-refractivity contribution in [2.75, 3.05) is 12.4 Å². The predicted molar refractivity (Wildman–Crippen MR) is 98.6 cm³/mol. The second kappa shape index (κ2) is 8.87. The van der Waals surface area contributed by atoms with E-state index in [0.29, 0.717) is 0 Å². The van der Waals surface area contributed by atoms with Gasteiger partial charge in [-0.2, -0.15) is 0 Å². The summed E-state index contributed by atoms with van der Waals surface area (Å²) in [5, 5.41) is 5.78. The summed E-state index contributed by atoms with van der Waals surface area (Å²) in [6, 6.07) is 14.7. The largest absolute Gasteiger partial charge is 0.497 e. The van der Waals surface area contributed by atoms with Gasteiger partial charge in [-0.25, -0.2) is 0 Å². The minimum Gasteiger partial charge on any atom is -0.497 e. The van der Waals surface area contributed by atoms with E-state index in [-0.39, 0.29) is 18.2 Å². The van der Waals surface area contributed by atoms with Gasteiger partial charge in [-0.05, 0) is 35.7 Å². The molecule has 0 radical (unpaired) electrons. The van der Waals surface area contributed by atoms with Crippen molar-refractivity contribution >= 4 is 17.5 Å².